The normalized spacial score (nSPS) is 11.2. The lowest BCUT2D eigenvalue weighted by molar-refractivity contribution is -0.120. The van der Waals surface area contributed by atoms with E-state index in [9.17, 15) is 4.79 Å². The van der Waals surface area contributed by atoms with Crippen LogP contribution in [0.3, 0.4) is 0 Å². The molecule has 0 bridgehead atoms. The van der Waals surface area contributed by atoms with Crippen LogP contribution in [0, 0.1) is 11.3 Å². The minimum atomic E-state index is -0.403. The van der Waals surface area contributed by atoms with E-state index in [1.165, 1.54) is 5.56 Å². The number of nitrogens with one attached hydrogen (secondary N) is 1. The first-order valence-corrected chi connectivity index (χ1v) is 5.73. The van der Waals surface area contributed by atoms with E-state index in [-0.39, 0.29) is 11.8 Å². The molecule has 4 heteroatoms. The van der Waals surface area contributed by atoms with Gasteiger partial charge in [0.1, 0.15) is 6.42 Å². The average Bonchev–Trinajstić information content (AvgIpc) is 2.29. The summed E-state index contributed by atoms with van der Waals surface area (Å²) in [5.41, 5.74) is 4.55. The van der Waals surface area contributed by atoms with Gasteiger partial charge in [-0.15, -0.1) is 0 Å². The van der Waals surface area contributed by atoms with Crippen LogP contribution >= 0.6 is 0 Å². The molecular weight excluding hydrogens is 226 g/mol. The minimum absolute atomic E-state index is 0.122. The van der Waals surface area contributed by atoms with Gasteiger partial charge in [0.15, 0.2) is 0 Å². The van der Waals surface area contributed by atoms with E-state index < -0.39 is 5.91 Å². The van der Waals surface area contributed by atoms with Gasteiger partial charge in [0, 0.05) is 0 Å². The molecule has 0 aliphatic heterocycles. The third-order valence-corrected chi connectivity index (χ3v) is 2.42. The summed E-state index contributed by atoms with van der Waals surface area (Å²) in [4.78, 5) is 11.0. The van der Waals surface area contributed by atoms with Crippen molar-refractivity contribution in [1.82, 2.24) is 5.43 Å². The van der Waals surface area contributed by atoms with Gasteiger partial charge in [0.25, 0.3) is 5.91 Å². The summed E-state index contributed by atoms with van der Waals surface area (Å²) in [5.74, 6) is -0.403. The molecule has 0 aliphatic carbocycles. The highest BCUT2D eigenvalue weighted by atomic mass is 16.2. The van der Waals surface area contributed by atoms with E-state index >= 15 is 0 Å². The van der Waals surface area contributed by atoms with E-state index in [2.05, 4.69) is 31.3 Å². The average molecular weight is 243 g/mol. The van der Waals surface area contributed by atoms with Crippen molar-refractivity contribution in [3.05, 3.63) is 35.4 Å². The highest BCUT2D eigenvalue weighted by molar-refractivity contribution is 5.83. The molecule has 0 spiro atoms. The summed E-state index contributed by atoms with van der Waals surface area (Å²) in [6.07, 6.45) is 1.38. The lowest BCUT2D eigenvalue weighted by Crippen LogP contribution is -2.16. The van der Waals surface area contributed by atoms with Gasteiger partial charge >= 0.3 is 0 Å². The van der Waals surface area contributed by atoms with Gasteiger partial charge < -0.3 is 0 Å². The van der Waals surface area contributed by atoms with Crippen LogP contribution in [0.5, 0.6) is 0 Å². The quantitative estimate of drug-likeness (QED) is 0.654. The predicted molar refractivity (Wildman–Crippen MR) is 71.1 cm³/mol. The Hall–Kier alpha value is -2.15. The molecule has 1 amide bonds. The summed E-state index contributed by atoms with van der Waals surface area (Å²) in [6, 6.07) is 9.72. The maximum atomic E-state index is 11.0. The van der Waals surface area contributed by atoms with Gasteiger partial charge in [-0.25, -0.2) is 5.43 Å². The standard InChI is InChI=1S/C14H17N3O/c1-14(2,3)12-6-4-11(5-7-12)10-16-17-13(18)8-9-15/h4-7,10H,8H2,1-3H3,(H,17,18)/b16-10-. The Labute approximate surface area is 107 Å². The van der Waals surface area contributed by atoms with Crippen LogP contribution in [-0.4, -0.2) is 12.1 Å². The Morgan fingerprint density at radius 1 is 1.39 bits per heavy atom. The number of carbonyl (C=O) groups is 1. The first kappa shape index (κ1) is 13.9. The van der Waals surface area contributed by atoms with Crippen LogP contribution in [-0.2, 0) is 10.2 Å². The summed E-state index contributed by atoms with van der Waals surface area (Å²) < 4.78 is 0. The van der Waals surface area contributed by atoms with Gasteiger partial charge in [-0.3, -0.25) is 4.79 Å². The molecule has 94 valence electrons. The van der Waals surface area contributed by atoms with Gasteiger partial charge in [-0.05, 0) is 16.5 Å². The number of amides is 1. The van der Waals surface area contributed by atoms with Gasteiger partial charge in [-0.1, -0.05) is 45.0 Å². The Balaban J connectivity index is 2.62. The zero-order valence-electron chi connectivity index (χ0n) is 10.9. The zero-order valence-corrected chi connectivity index (χ0v) is 10.9. The van der Waals surface area contributed by atoms with Crippen molar-refractivity contribution in [2.45, 2.75) is 32.6 Å². The summed E-state index contributed by atoms with van der Waals surface area (Å²) in [5, 5.41) is 12.1. The monoisotopic (exact) mass is 243 g/mol. The molecule has 0 fully saturated rings. The van der Waals surface area contributed by atoms with Crippen LogP contribution in [0.4, 0.5) is 0 Å². The first-order valence-electron chi connectivity index (χ1n) is 5.73. The lowest BCUT2D eigenvalue weighted by atomic mass is 9.87. The minimum Gasteiger partial charge on any atom is -0.272 e. The van der Waals surface area contributed by atoms with Gasteiger partial charge in [0.2, 0.25) is 0 Å². The lowest BCUT2D eigenvalue weighted by Gasteiger charge is -2.18. The molecule has 0 heterocycles. The van der Waals surface area contributed by atoms with Crippen molar-refractivity contribution in [1.29, 1.82) is 5.26 Å². The van der Waals surface area contributed by atoms with E-state index in [4.69, 9.17) is 5.26 Å². The summed E-state index contributed by atoms with van der Waals surface area (Å²) >= 11 is 0. The van der Waals surface area contributed by atoms with Crippen molar-refractivity contribution in [3.63, 3.8) is 0 Å². The maximum absolute atomic E-state index is 11.0. The van der Waals surface area contributed by atoms with Crippen LogP contribution in [0.25, 0.3) is 0 Å². The molecule has 0 radical (unpaired) electrons. The second-order valence-electron chi connectivity index (χ2n) is 5.00. The SMILES string of the molecule is CC(C)(C)c1ccc(/C=N\NC(=O)CC#N)cc1. The Bertz CT molecular complexity index is 475. The second-order valence-corrected chi connectivity index (χ2v) is 5.00. The van der Waals surface area contributed by atoms with E-state index in [1.54, 1.807) is 12.3 Å². The summed E-state index contributed by atoms with van der Waals surface area (Å²) in [6.45, 7) is 6.45. The maximum Gasteiger partial charge on any atom is 0.254 e. The molecule has 0 unspecified atom stereocenters. The Morgan fingerprint density at radius 2 is 2.00 bits per heavy atom. The number of nitriles is 1. The molecule has 0 aromatic heterocycles. The Morgan fingerprint density at radius 3 is 2.50 bits per heavy atom. The van der Waals surface area contributed by atoms with Crippen LogP contribution in [0.1, 0.15) is 38.3 Å². The third kappa shape index (κ3) is 4.38. The number of rotatable bonds is 3. The van der Waals surface area contributed by atoms with E-state index in [0.29, 0.717) is 0 Å². The molecule has 1 aromatic carbocycles. The fraction of sp³-hybridized carbons (Fsp3) is 0.357. The van der Waals surface area contributed by atoms with Crippen LogP contribution in [0.2, 0.25) is 0 Å². The zero-order chi connectivity index (χ0) is 13.6. The van der Waals surface area contributed by atoms with E-state index in [0.717, 1.165) is 5.56 Å². The van der Waals surface area contributed by atoms with Crippen molar-refractivity contribution in [2.75, 3.05) is 0 Å². The number of hydrogen-bond acceptors (Lipinski definition) is 3. The molecule has 18 heavy (non-hydrogen) atoms. The third-order valence-electron chi connectivity index (χ3n) is 2.42. The molecule has 0 saturated carbocycles. The summed E-state index contributed by atoms with van der Waals surface area (Å²) in [7, 11) is 0. The molecule has 4 nitrogen and oxygen atoms in total. The molecular formula is C14H17N3O. The first-order chi connectivity index (χ1) is 8.43. The highest BCUT2D eigenvalue weighted by Crippen LogP contribution is 2.21. The van der Waals surface area contributed by atoms with Crippen molar-refractivity contribution < 1.29 is 4.79 Å². The van der Waals surface area contributed by atoms with Crippen molar-refractivity contribution in [2.24, 2.45) is 5.10 Å². The molecule has 0 aliphatic rings. The number of benzene rings is 1. The fourth-order valence-corrected chi connectivity index (χ4v) is 1.36. The van der Waals surface area contributed by atoms with Gasteiger partial charge in [-0.2, -0.15) is 10.4 Å². The molecule has 1 aromatic rings. The number of carbonyl (C=O) groups excluding carboxylic acids is 1. The molecule has 0 atom stereocenters. The smallest absolute Gasteiger partial charge is 0.254 e. The molecule has 1 rings (SSSR count). The highest BCUT2D eigenvalue weighted by Gasteiger charge is 2.12. The second kappa shape index (κ2) is 5.97. The van der Waals surface area contributed by atoms with Crippen molar-refractivity contribution >= 4 is 12.1 Å². The van der Waals surface area contributed by atoms with Crippen LogP contribution in [0.15, 0.2) is 29.4 Å². The molecule has 1 N–H and O–H groups in total. The predicted octanol–water partition coefficient (Wildman–Crippen LogP) is 2.35. The molecule has 0 saturated heterocycles. The van der Waals surface area contributed by atoms with Gasteiger partial charge in [0.05, 0.1) is 12.3 Å². The topological polar surface area (TPSA) is 65.2 Å². The number of hydrogen-bond donors (Lipinski definition) is 1. The fourth-order valence-electron chi connectivity index (χ4n) is 1.36. The van der Waals surface area contributed by atoms with E-state index in [1.807, 2.05) is 24.3 Å². The van der Waals surface area contributed by atoms with Crippen molar-refractivity contribution in [3.8, 4) is 6.07 Å². The van der Waals surface area contributed by atoms with Crippen LogP contribution < -0.4 is 5.43 Å². The Kier molecular flexibility index (Phi) is 4.61. The number of nitrogens with zero attached hydrogens (tertiary/aromatic N) is 2. The number of hydrazone groups is 1. The largest absolute Gasteiger partial charge is 0.272 e.